The summed E-state index contributed by atoms with van der Waals surface area (Å²) in [6.45, 7) is 12.7. The minimum absolute atomic E-state index is 0.206. The summed E-state index contributed by atoms with van der Waals surface area (Å²) < 4.78 is 0. The van der Waals surface area contributed by atoms with Gasteiger partial charge in [0.1, 0.15) is 0 Å². The zero-order valence-electron chi connectivity index (χ0n) is 11.0. The van der Waals surface area contributed by atoms with Crippen molar-refractivity contribution < 1.29 is 4.79 Å². The Labute approximate surface area is 99.8 Å². The molecule has 0 aliphatic rings. The van der Waals surface area contributed by atoms with Crippen LogP contribution in [-0.4, -0.2) is 55.0 Å². The summed E-state index contributed by atoms with van der Waals surface area (Å²) in [6.07, 6.45) is 1.63. The van der Waals surface area contributed by atoms with Crippen LogP contribution < -0.4 is 5.73 Å². The van der Waals surface area contributed by atoms with Crippen molar-refractivity contribution in [2.45, 2.75) is 33.6 Å². The van der Waals surface area contributed by atoms with E-state index in [0.717, 1.165) is 45.7 Å². The lowest BCUT2D eigenvalue weighted by atomic mass is 10.3. The third kappa shape index (κ3) is 7.65. The second-order valence-corrected chi connectivity index (χ2v) is 4.03. The molecule has 0 spiro atoms. The molecule has 0 unspecified atom stereocenters. The summed E-state index contributed by atoms with van der Waals surface area (Å²) in [5.41, 5.74) is 5.14. The Hall–Kier alpha value is -0.610. The minimum atomic E-state index is -0.206. The van der Waals surface area contributed by atoms with Crippen molar-refractivity contribution in [3.8, 4) is 0 Å². The first-order valence-corrected chi connectivity index (χ1v) is 6.37. The van der Waals surface area contributed by atoms with Crippen molar-refractivity contribution in [2.24, 2.45) is 5.73 Å². The van der Waals surface area contributed by atoms with E-state index in [2.05, 4.69) is 30.6 Å². The predicted molar refractivity (Wildman–Crippen MR) is 68.3 cm³/mol. The highest BCUT2D eigenvalue weighted by Crippen LogP contribution is 1.96. The van der Waals surface area contributed by atoms with Crippen molar-refractivity contribution in [3.05, 3.63) is 0 Å². The molecule has 0 atom stereocenters. The normalized spacial score (nSPS) is 11.3. The largest absolute Gasteiger partial charge is 0.370 e. The second-order valence-electron chi connectivity index (χ2n) is 4.03. The summed E-state index contributed by atoms with van der Waals surface area (Å²) in [5.74, 6) is -0.206. The van der Waals surface area contributed by atoms with Gasteiger partial charge in [0.25, 0.3) is 0 Å². The van der Waals surface area contributed by atoms with Gasteiger partial charge in [0.15, 0.2) is 0 Å². The monoisotopic (exact) mass is 229 g/mol. The fourth-order valence-electron chi connectivity index (χ4n) is 1.75. The fourth-order valence-corrected chi connectivity index (χ4v) is 1.75. The maximum Gasteiger partial charge on any atom is 0.218 e. The molecule has 0 rings (SSSR count). The highest BCUT2D eigenvalue weighted by molar-refractivity contribution is 5.73. The molecule has 0 aliphatic carbocycles. The van der Waals surface area contributed by atoms with Gasteiger partial charge in [-0.2, -0.15) is 0 Å². The number of nitrogens with two attached hydrogens (primary N) is 1. The van der Waals surface area contributed by atoms with Crippen LogP contribution >= 0.6 is 0 Å². The standard InChI is InChI=1S/C12H27N3O/c1-4-14(5-2)9-7-10-15(6-3)11-8-12(13)16/h4-11H2,1-3H3,(H2,13,16). The van der Waals surface area contributed by atoms with Gasteiger partial charge in [-0.15, -0.1) is 0 Å². The van der Waals surface area contributed by atoms with Crippen LogP contribution in [0.15, 0.2) is 0 Å². The molecule has 0 aromatic rings. The average molecular weight is 229 g/mol. The van der Waals surface area contributed by atoms with Crippen LogP contribution in [0.4, 0.5) is 0 Å². The molecule has 16 heavy (non-hydrogen) atoms. The molecule has 1 amide bonds. The quantitative estimate of drug-likeness (QED) is 0.606. The van der Waals surface area contributed by atoms with Crippen LogP contribution in [0.1, 0.15) is 33.6 Å². The molecular formula is C12H27N3O. The smallest absolute Gasteiger partial charge is 0.218 e. The molecule has 0 fully saturated rings. The van der Waals surface area contributed by atoms with Crippen molar-refractivity contribution in [2.75, 3.05) is 39.3 Å². The van der Waals surface area contributed by atoms with Gasteiger partial charge in [-0.05, 0) is 39.1 Å². The molecular weight excluding hydrogens is 202 g/mol. The van der Waals surface area contributed by atoms with E-state index in [1.807, 2.05) is 0 Å². The third-order valence-electron chi connectivity index (χ3n) is 2.96. The van der Waals surface area contributed by atoms with E-state index < -0.39 is 0 Å². The Balaban J connectivity index is 3.65. The van der Waals surface area contributed by atoms with Crippen LogP contribution in [0.3, 0.4) is 0 Å². The molecule has 0 saturated heterocycles. The van der Waals surface area contributed by atoms with E-state index in [-0.39, 0.29) is 5.91 Å². The van der Waals surface area contributed by atoms with Gasteiger partial charge in [-0.25, -0.2) is 0 Å². The van der Waals surface area contributed by atoms with Gasteiger partial charge in [0.05, 0.1) is 0 Å². The fraction of sp³-hybridized carbons (Fsp3) is 0.917. The molecule has 0 saturated carbocycles. The highest BCUT2D eigenvalue weighted by Gasteiger charge is 2.05. The Morgan fingerprint density at radius 1 is 0.938 bits per heavy atom. The second kappa shape index (κ2) is 9.60. The molecule has 0 aromatic heterocycles. The zero-order chi connectivity index (χ0) is 12.4. The van der Waals surface area contributed by atoms with E-state index in [9.17, 15) is 4.79 Å². The summed E-state index contributed by atoms with van der Waals surface area (Å²) in [7, 11) is 0. The first kappa shape index (κ1) is 15.4. The number of carbonyl (C=O) groups excluding carboxylic acids is 1. The molecule has 0 heterocycles. The maximum atomic E-state index is 10.7. The summed E-state index contributed by atoms with van der Waals surface area (Å²) >= 11 is 0. The number of hydrogen-bond donors (Lipinski definition) is 1. The van der Waals surface area contributed by atoms with Gasteiger partial charge >= 0.3 is 0 Å². The van der Waals surface area contributed by atoms with Gasteiger partial charge < -0.3 is 15.5 Å². The van der Waals surface area contributed by atoms with Gasteiger partial charge in [-0.1, -0.05) is 20.8 Å². The number of nitrogens with zero attached hydrogens (tertiary/aromatic N) is 2. The van der Waals surface area contributed by atoms with Crippen molar-refractivity contribution in [3.63, 3.8) is 0 Å². The Bertz CT molecular complexity index is 181. The molecule has 0 bridgehead atoms. The van der Waals surface area contributed by atoms with Crippen molar-refractivity contribution in [1.29, 1.82) is 0 Å². The summed E-state index contributed by atoms with van der Waals surface area (Å²) in [5, 5.41) is 0. The summed E-state index contributed by atoms with van der Waals surface area (Å²) in [6, 6.07) is 0. The SMILES string of the molecule is CCN(CC)CCCN(CC)CCC(N)=O. The van der Waals surface area contributed by atoms with Crippen LogP contribution in [0.2, 0.25) is 0 Å². The minimum Gasteiger partial charge on any atom is -0.370 e. The topological polar surface area (TPSA) is 49.6 Å². The Morgan fingerprint density at radius 3 is 1.88 bits per heavy atom. The Kier molecular flexibility index (Phi) is 9.24. The van der Waals surface area contributed by atoms with Crippen LogP contribution in [0.5, 0.6) is 0 Å². The van der Waals surface area contributed by atoms with E-state index >= 15 is 0 Å². The highest BCUT2D eigenvalue weighted by atomic mass is 16.1. The molecule has 4 heteroatoms. The van der Waals surface area contributed by atoms with Gasteiger partial charge in [0.2, 0.25) is 5.91 Å². The van der Waals surface area contributed by atoms with Crippen LogP contribution in [0.25, 0.3) is 0 Å². The van der Waals surface area contributed by atoms with Crippen LogP contribution in [0, 0.1) is 0 Å². The van der Waals surface area contributed by atoms with Crippen molar-refractivity contribution in [1.82, 2.24) is 9.80 Å². The lowest BCUT2D eigenvalue weighted by Gasteiger charge is -2.22. The lowest BCUT2D eigenvalue weighted by molar-refractivity contribution is -0.118. The van der Waals surface area contributed by atoms with E-state index in [0.29, 0.717) is 6.42 Å². The zero-order valence-corrected chi connectivity index (χ0v) is 11.0. The molecule has 0 radical (unpaired) electrons. The Morgan fingerprint density at radius 2 is 1.44 bits per heavy atom. The number of rotatable bonds is 10. The number of primary amides is 1. The molecule has 96 valence electrons. The molecule has 0 aliphatic heterocycles. The van der Waals surface area contributed by atoms with E-state index in [1.165, 1.54) is 0 Å². The van der Waals surface area contributed by atoms with E-state index in [1.54, 1.807) is 0 Å². The van der Waals surface area contributed by atoms with Gasteiger partial charge in [-0.3, -0.25) is 4.79 Å². The predicted octanol–water partition coefficient (Wildman–Crippen LogP) is 0.916. The number of amides is 1. The summed E-state index contributed by atoms with van der Waals surface area (Å²) in [4.78, 5) is 15.4. The molecule has 0 aromatic carbocycles. The van der Waals surface area contributed by atoms with Crippen LogP contribution in [-0.2, 0) is 4.79 Å². The molecule has 4 nitrogen and oxygen atoms in total. The van der Waals surface area contributed by atoms with Gasteiger partial charge in [0, 0.05) is 13.0 Å². The first-order valence-electron chi connectivity index (χ1n) is 6.37. The first-order chi connectivity index (χ1) is 7.63. The van der Waals surface area contributed by atoms with Crippen molar-refractivity contribution >= 4 is 5.91 Å². The number of hydrogen-bond acceptors (Lipinski definition) is 3. The average Bonchev–Trinajstić information content (AvgIpc) is 2.28. The third-order valence-corrected chi connectivity index (χ3v) is 2.96. The number of carbonyl (C=O) groups is 1. The lowest BCUT2D eigenvalue weighted by Crippen LogP contribution is -2.32. The van der Waals surface area contributed by atoms with E-state index in [4.69, 9.17) is 5.73 Å². The molecule has 2 N–H and O–H groups in total. The maximum absolute atomic E-state index is 10.7.